The van der Waals surface area contributed by atoms with E-state index in [1.807, 2.05) is 61.5 Å². The number of hydrogen-bond acceptors (Lipinski definition) is 8. The molecule has 3 aliphatic rings. The Morgan fingerprint density at radius 3 is 2.32 bits per heavy atom. The van der Waals surface area contributed by atoms with Crippen LogP contribution in [0.3, 0.4) is 0 Å². The summed E-state index contributed by atoms with van der Waals surface area (Å²) in [7, 11) is 0. The summed E-state index contributed by atoms with van der Waals surface area (Å²) in [5.41, 5.74) is 0.960. The molecule has 3 heterocycles. The van der Waals surface area contributed by atoms with E-state index in [4.69, 9.17) is 9.47 Å². The standard InChI is InChI=1S/C41H53BrN4O7/c1-7-12-18-32(48)43-26(6)35(27-16-14-13-15-17-27)52-40(51)33-34-38(49)46(28(9-3)25-47)37(41(34)24-31(42)36(33)53-41)39(50)45(23-8-2)30-21-19-29(20-22-30)44(10-4)11-5/h7-8,13-17,19-22,26,28,31,33-37,47H,1-2,9-12,18,23-25H2,3-6H3,(H,43,48)/t26-,28-,31?,33-,34+,35-,36-,37-,41+/m0/s1. The molecule has 12 heteroatoms. The van der Waals surface area contributed by atoms with E-state index in [0.717, 1.165) is 18.8 Å². The number of ether oxygens (including phenoxy) is 2. The largest absolute Gasteiger partial charge is 0.455 e. The first-order valence-electron chi connectivity index (χ1n) is 18.7. The second-order valence-electron chi connectivity index (χ2n) is 14.0. The van der Waals surface area contributed by atoms with E-state index in [1.165, 1.54) is 4.90 Å². The summed E-state index contributed by atoms with van der Waals surface area (Å²) in [5.74, 6) is -3.75. The maximum atomic E-state index is 15.0. The van der Waals surface area contributed by atoms with Crippen LogP contribution in [0.1, 0.15) is 65.0 Å². The lowest BCUT2D eigenvalue weighted by Crippen LogP contribution is -2.59. The summed E-state index contributed by atoms with van der Waals surface area (Å²) < 4.78 is 13.0. The molecule has 9 atom stereocenters. The molecule has 0 saturated carbocycles. The van der Waals surface area contributed by atoms with Crippen molar-refractivity contribution in [1.82, 2.24) is 10.2 Å². The molecule has 1 unspecified atom stereocenters. The fourth-order valence-corrected chi connectivity index (χ4v) is 9.34. The minimum atomic E-state index is -1.37. The molecule has 0 aromatic heterocycles. The zero-order valence-electron chi connectivity index (χ0n) is 31.2. The van der Waals surface area contributed by atoms with Crippen LogP contribution in [0.4, 0.5) is 11.4 Å². The van der Waals surface area contributed by atoms with E-state index in [2.05, 4.69) is 53.2 Å². The molecule has 2 aromatic carbocycles. The van der Waals surface area contributed by atoms with E-state index < -0.39 is 59.6 Å². The van der Waals surface area contributed by atoms with Crippen LogP contribution in [0.15, 0.2) is 79.9 Å². The number of nitrogens with zero attached hydrogens (tertiary/aromatic N) is 3. The predicted octanol–water partition coefficient (Wildman–Crippen LogP) is 5.33. The van der Waals surface area contributed by atoms with Crippen molar-refractivity contribution in [2.24, 2.45) is 11.8 Å². The number of amides is 3. The first-order chi connectivity index (χ1) is 25.5. The third-order valence-corrected chi connectivity index (χ3v) is 11.8. The Labute approximate surface area is 321 Å². The molecule has 3 fully saturated rings. The maximum absolute atomic E-state index is 15.0. The highest BCUT2D eigenvalue weighted by Gasteiger charge is 2.77. The summed E-state index contributed by atoms with van der Waals surface area (Å²) in [6, 6.07) is 14.4. The highest BCUT2D eigenvalue weighted by molar-refractivity contribution is 9.09. The highest BCUT2D eigenvalue weighted by atomic mass is 79.9. The number of alkyl halides is 1. The number of carbonyl (C=O) groups excluding carboxylic acids is 4. The van der Waals surface area contributed by atoms with E-state index in [-0.39, 0.29) is 36.2 Å². The Kier molecular flexibility index (Phi) is 13.2. The number of nitrogens with one attached hydrogen (secondary N) is 1. The predicted molar refractivity (Wildman–Crippen MR) is 209 cm³/mol. The first-order valence-corrected chi connectivity index (χ1v) is 19.6. The number of likely N-dealkylation sites (tertiary alicyclic amines) is 1. The quantitative estimate of drug-likeness (QED) is 0.118. The van der Waals surface area contributed by atoms with Gasteiger partial charge in [-0.1, -0.05) is 65.3 Å². The van der Waals surface area contributed by atoms with Crippen molar-refractivity contribution in [2.45, 2.75) is 94.1 Å². The minimum absolute atomic E-state index is 0.167. The topological polar surface area (TPSA) is 129 Å². The highest BCUT2D eigenvalue weighted by Crippen LogP contribution is 2.61. The van der Waals surface area contributed by atoms with Gasteiger partial charge in [0, 0.05) is 42.3 Å². The molecular weight excluding hydrogens is 740 g/mol. The van der Waals surface area contributed by atoms with Gasteiger partial charge in [-0.3, -0.25) is 19.2 Å². The fraction of sp³-hybridized carbons (Fsp3) is 0.512. The zero-order chi connectivity index (χ0) is 38.4. The molecular formula is C41H53BrN4O7. The van der Waals surface area contributed by atoms with Crippen LogP contribution >= 0.6 is 15.9 Å². The molecule has 0 radical (unpaired) electrons. The second kappa shape index (κ2) is 17.4. The van der Waals surface area contributed by atoms with E-state index in [0.29, 0.717) is 30.5 Å². The summed E-state index contributed by atoms with van der Waals surface area (Å²) in [6.07, 6.45) is 3.11. The average molecular weight is 794 g/mol. The SMILES string of the molecule is C=CCCC(=O)N[C@@H](C)[C@H](OC(=O)[C@@H]1[C@H]2O[C@@]3(CC2Br)[C@H](C(=O)N(CC=C)c2ccc(N(CC)CC)cc2)N([C@@H](CC)CO)C(=O)[C@@H]13)c1ccccc1. The van der Waals surface area contributed by atoms with Crippen LogP contribution < -0.4 is 15.1 Å². The van der Waals surface area contributed by atoms with Crippen LogP contribution in [0, 0.1) is 11.8 Å². The fourth-order valence-electron chi connectivity index (χ4n) is 8.39. The summed E-state index contributed by atoms with van der Waals surface area (Å²) in [6.45, 7) is 16.9. The van der Waals surface area contributed by atoms with Crippen molar-refractivity contribution >= 4 is 51.0 Å². The molecule has 3 saturated heterocycles. The van der Waals surface area contributed by atoms with Crippen LogP contribution in [0.25, 0.3) is 0 Å². The van der Waals surface area contributed by atoms with Gasteiger partial charge in [0.25, 0.3) is 5.91 Å². The molecule has 53 heavy (non-hydrogen) atoms. The number of halogens is 1. The first kappa shape index (κ1) is 40.2. The van der Waals surface area contributed by atoms with Gasteiger partial charge in [-0.05, 0) is 69.9 Å². The van der Waals surface area contributed by atoms with Crippen LogP contribution in [0.5, 0.6) is 0 Å². The number of aliphatic hydroxyl groups excluding tert-OH is 1. The van der Waals surface area contributed by atoms with E-state index in [1.54, 1.807) is 24.0 Å². The molecule has 11 nitrogen and oxygen atoms in total. The normalized spacial score (nSPS) is 26.0. The monoisotopic (exact) mass is 792 g/mol. The molecule has 5 rings (SSSR count). The number of anilines is 2. The lowest BCUT2D eigenvalue weighted by Gasteiger charge is -2.39. The average Bonchev–Trinajstić information content (AvgIpc) is 3.76. The molecule has 3 amide bonds. The summed E-state index contributed by atoms with van der Waals surface area (Å²) >= 11 is 3.74. The van der Waals surface area contributed by atoms with Crippen molar-refractivity contribution in [2.75, 3.05) is 36.0 Å². The van der Waals surface area contributed by atoms with Gasteiger partial charge in [0.15, 0.2) is 0 Å². The van der Waals surface area contributed by atoms with Gasteiger partial charge in [-0.15, -0.1) is 13.2 Å². The number of benzene rings is 2. The van der Waals surface area contributed by atoms with Gasteiger partial charge in [-0.25, -0.2) is 0 Å². The van der Waals surface area contributed by atoms with E-state index >= 15 is 4.79 Å². The lowest BCUT2D eigenvalue weighted by molar-refractivity contribution is -0.162. The molecule has 2 aromatic rings. The van der Waals surface area contributed by atoms with Crippen LogP contribution in [-0.2, 0) is 28.7 Å². The molecule has 2 bridgehead atoms. The third-order valence-electron chi connectivity index (χ3n) is 11.0. The number of carbonyl (C=O) groups is 4. The number of esters is 1. The van der Waals surface area contributed by atoms with Crippen molar-refractivity contribution in [3.8, 4) is 0 Å². The van der Waals surface area contributed by atoms with Crippen molar-refractivity contribution in [3.05, 3.63) is 85.5 Å². The van der Waals surface area contributed by atoms with Gasteiger partial charge in [0.2, 0.25) is 11.8 Å². The smallest absolute Gasteiger partial charge is 0.313 e. The number of aliphatic hydroxyl groups is 1. The van der Waals surface area contributed by atoms with Crippen molar-refractivity contribution < 1.29 is 33.8 Å². The Morgan fingerprint density at radius 2 is 1.74 bits per heavy atom. The molecule has 2 N–H and O–H groups in total. The number of hydrogen-bond donors (Lipinski definition) is 2. The molecule has 1 spiro atoms. The Balaban J connectivity index is 1.52. The zero-order valence-corrected chi connectivity index (χ0v) is 32.7. The Bertz CT molecular complexity index is 1630. The van der Waals surface area contributed by atoms with Gasteiger partial charge in [-0.2, -0.15) is 0 Å². The second-order valence-corrected chi connectivity index (χ2v) is 15.2. The van der Waals surface area contributed by atoms with E-state index in [9.17, 15) is 19.5 Å². The molecule has 0 aliphatic carbocycles. The molecule has 286 valence electrons. The number of fused-ring (bicyclic) bond motifs is 1. The van der Waals surface area contributed by atoms with Gasteiger partial charge >= 0.3 is 5.97 Å². The summed E-state index contributed by atoms with van der Waals surface area (Å²) in [4.78, 5) is 61.9. The third kappa shape index (κ3) is 7.68. The van der Waals surface area contributed by atoms with Gasteiger partial charge in [0.1, 0.15) is 17.7 Å². The molecule has 3 aliphatic heterocycles. The number of rotatable bonds is 18. The Morgan fingerprint density at radius 1 is 1.08 bits per heavy atom. The minimum Gasteiger partial charge on any atom is -0.455 e. The maximum Gasteiger partial charge on any atom is 0.313 e. The van der Waals surface area contributed by atoms with Crippen molar-refractivity contribution in [3.63, 3.8) is 0 Å². The van der Waals surface area contributed by atoms with Crippen LogP contribution in [0.2, 0.25) is 0 Å². The Hall–Kier alpha value is -4.00. The van der Waals surface area contributed by atoms with Crippen LogP contribution in [-0.4, -0.2) is 94.6 Å². The van der Waals surface area contributed by atoms with Gasteiger partial charge < -0.3 is 34.6 Å². The number of allylic oxidation sites excluding steroid dienone is 1. The lowest BCUT2D eigenvalue weighted by atomic mass is 9.70. The summed E-state index contributed by atoms with van der Waals surface area (Å²) in [5, 5.41) is 13.5. The van der Waals surface area contributed by atoms with Gasteiger partial charge in [0.05, 0.1) is 36.6 Å². The van der Waals surface area contributed by atoms with Crippen molar-refractivity contribution in [1.29, 1.82) is 0 Å².